The van der Waals surface area contributed by atoms with Crippen molar-refractivity contribution in [2.75, 3.05) is 23.3 Å². The SMILES string of the molecule is CC(=O)c1cccc(Nc2cc(N3CCCC3)ncn2)c1. The van der Waals surface area contributed by atoms with Gasteiger partial charge in [0.15, 0.2) is 5.78 Å². The number of ketones is 1. The number of rotatable bonds is 4. The number of carbonyl (C=O) groups is 1. The zero-order valence-electron chi connectivity index (χ0n) is 12.0. The first kappa shape index (κ1) is 13.5. The smallest absolute Gasteiger partial charge is 0.159 e. The Bertz CT molecular complexity index is 650. The largest absolute Gasteiger partial charge is 0.356 e. The molecule has 0 saturated carbocycles. The maximum Gasteiger partial charge on any atom is 0.159 e. The number of nitrogens with one attached hydrogen (secondary N) is 1. The highest BCUT2D eigenvalue weighted by Gasteiger charge is 2.14. The van der Waals surface area contributed by atoms with Crippen LogP contribution in [-0.4, -0.2) is 28.8 Å². The van der Waals surface area contributed by atoms with Crippen LogP contribution in [0.25, 0.3) is 0 Å². The van der Waals surface area contributed by atoms with E-state index in [1.807, 2.05) is 30.3 Å². The van der Waals surface area contributed by atoms with Gasteiger partial charge >= 0.3 is 0 Å². The van der Waals surface area contributed by atoms with E-state index in [0.717, 1.165) is 30.4 Å². The molecule has 1 aromatic heterocycles. The van der Waals surface area contributed by atoms with Crippen LogP contribution in [0.15, 0.2) is 36.7 Å². The molecule has 2 heterocycles. The number of benzene rings is 1. The van der Waals surface area contributed by atoms with Crippen molar-refractivity contribution in [1.82, 2.24) is 9.97 Å². The number of Topliss-reactive ketones (excluding diaryl/α,β-unsaturated/α-hetero) is 1. The van der Waals surface area contributed by atoms with Gasteiger partial charge in [0.25, 0.3) is 0 Å². The third kappa shape index (κ3) is 3.18. The molecule has 5 nitrogen and oxygen atoms in total. The molecule has 3 rings (SSSR count). The number of anilines is 3. The van der Waals surface area contributed by atoms with Gasteiger partial charge in [0.2, 0.25) is 0 Å². The van der Waals surface area contributed by atoms with Crippen molar-refractivity contribution in [3.8, 4) is 0 Å². The predicted molar refractivity (Wildman–Crippen MR) is 83.2 cm³/mol. The van der Waals surface area contributed by atoms with E-state index < -0.39 is 0 Å². The van der Waals surface area contributed by atoms with Gasteiger partial charge in [-0.25, -0.2) is 9.97 Å². The van der Waals surface area contributed by atoms with Gasteiger partial charge in [-0.15, -0.1) is 0 Å². The highest BCUT2D eigenvalue weighted by molar-refractivity contribution is 5.95. The molecule has 0 aliphatic carbocycles. The van der Waals surface area contributed by atoms with Crippen molar-refractivity contribution in [3.63, 3.8) is 0 Å². The van der Waals surface area contributed by atoms with Gasteiger partial charge in [-0.05, 0) is 31.9 Å². The first-order valence-corrected chi connectivity index (χ1v) is 7.17. The molecule has 0 spiro atoms. The highest BCUT2D eigenvalue weighted by Crippen LogP contribution is 2.22. The summed E-state index contributed by atoms with van der Waals surface area (Å²) in [6, 6.07) is 9.38. The van der Waals surface area contributed by atoms with Crippen LogP contribution in [0.1, 0.15) is 30.1 Å². The van der Waals surface area contributed by atoms with Crippen molar-refractivity contribution in [3.05, 3.63) is 42.2 Å². The maximum atomic E-state index is 11.4. The average molecular weight is 282 g/mol. The molecule has 1 aromatic carbocycles. The zero-order chi connectivity index (χ0) is 14.7. The molecule has 0 radical (unpaired) electrons. The molecule has 2 aromatic rings. The first-order valence-electron chi connectivity index (χ1n) is 7.17. The summed E-state index contributed by atoms with van der Waals surface area (Å²) in [5, 5.41) is 3.23. The molecule has 21 heavy (non-hydrogen) atoms. The van der Waals surface area contributed by atoms with Gasteiger partial charge in [0, 0.05) is 30.4 Å². The molecule has 1 saturated heterocycles. The van der Waals surface area contributed by atoms with Crippen LogP contribution in [0.5, 0.6) is 0 Å². The molecule has 1 aliphatic rings. The summed E-state index contributed by atoms with van der Waals surface area (Å²) < 4.78 is 0. The summed E-state index contributed by atoms with van der Waals surface area (Å²) in [5.41, 5.74) is 1.54. The van der Waals surface area contributed by atoms with Crippen molar-refractivity contribution in [2.45, 2.75) is 19.8 Å². The third-order valence-corrected chi connectivity index (χ3v) is 3.62. The quantitative estimate of drug-likeness (QED) is 0.873. The van der Waals surface area contributed by atoms with E-state index in [9.17, 15) is 4.79 Å². The topological polar surface area (TPSA) is 58.1 Å². The zero-order valence-corrected chi connectivity index (χ0v) is 12.0. The van der Waals surface area contributed by atoms with E-state index in [4.69, 9.17) is 0 Å². The second kappa shape index (κ2) is 5.91. The molecule has 1 aliphatic heterocycles. The highest BCUT2D eigenvalue weighted by atomic mass is 16.1. The van der Waals surface area contributed by atoms with Crippen LogP contribution in [0.4, 0.5) is 17.3 Å². The summed E-state index contributed by atoms with van der Waals surface area (Å²) in [6.07, 6.45) is 4.01. The minimum atomic E-state index is 0.0547. The van der Waals surface area contributed by atoms with Crippen molar-refractivity contribution >= 4 is 23.1 Å². The van der Waals surface area contributed by atoms with E-state index in [2.05, 4.69) is 20.2 Å². The predicted octanol–water partition coefficient (Wildman–Crippen LogP) is 3.02. The number of carbonyl (C=O) groups excluding carboxylic acids is 1. The normalized spacial score (nSPS) is 14.2. The van der Waals surface area contributed by atoms with Crippen molar-refractivity contribution in [2.24, 2.45) is 0 Å². The number of aromatic nitrogens is 2. The molecular weight excluding hydrogens is 264 g/mol. The lowest BCUT2D eigenvalue weighted by Gasteiger charge is -2.16. The summed E-state index contributed by atoms with van der Waals surface area (Å²) in [4.78, 5) is 22.3. The van der Waals surface area contributed by atoms with Gasteiger partial charge in [-0.3, -0.25) is 4.79 Å². The standard InChI is InChI=1S/C16H18N4O/c1-12(21)13-5-4-6-14(9-13)19-15-10-16(18-11-17-15)20-7-2-3-8-20/h4-6,9-11H,2-3,7-8H2,1H3,(H,17,18,19). The molecule has 1 fully saturated rings. The van der Waals surface area contributed by atoms with Crippen LogP contribution >= 0.6 is 0 Å². The van der Waals surface area contributed by atoms with Gasteiger partial charge in [-0.2, -0.15) is 0 Å². The van der Waals surface area contributed by atoms with E-state index in [0.29, 0.717) is 5.56 Å². The molecule has 5 heteroatoms. The minimum Gasteiger partial charge on any atom is -0.356 e. The van der Waals surface area contributed by atoms with Gasteiger partial charge in [-0.1, -0.05) is 12.1 Å². The van der Waals surface area contributed by atoms with Crippen molar-refractivity contribution < 1.29 is 4.79 Å². The Hall–Kier alpha value is -2.43. The summed E-state index contributed by atoms with van der Waals surface area (Å²) in [6.45, 7) is 3.67. The lowest BCUT2D eigenvalue weighted by atomic mass is 10.1. The molecule has 0 amide bonds. The fourth-order valence-electron chi connectivity index (χ4n) is 2.50. The van der Waals surface area contributed by atoms with E-state index >= 15 is 0 Å². The van der Waals surface area contributed by atoms with E-state index in [-0.39, 0.29) is 5.78 Å². The molecule has 1 N–H and O–H groups in total. The van der Waals surface area contributed by atoms with Crippen LogP contribution in [0.3, 0.4) is 0 Å². The summed E-state index contributed by atoms with van der Waals surface area (Å²) >= 11 is 0. The Morgan fingerprint density at radius 3 is 2.76 bits per heavy atom. The lowest BCUT2D eigenvalue weighted by molar-refractivity contribution is 0.101. The lowest BCUT2D eigenvalue weighted by Crippen LogP contribution is -2.19. The second-order valence-corrected chi connectivity index (χ2v) is 5.22. The molecule has 0 bridgehead atoms. The fourth-order valence-corrected chi connectivity index (χ4v) is 2.50. The maximum absolute atomic E-state index is 11.4. The number of hydrogen-bond donors (Lipinski definition) is 1. The van der Waals surface area contributed by atoms with Crippen molar-refractivity contribution in [1.29, 1.82) is 0 Å². The Labute approximate surface area is 124 Å². The summed E-state index contributed by atoms with van der Waals surface area (Å²) in [7, 11) is 0. The number of nitrogens with zero attached hydrogens (tertiary/aromatic N) is 3. The van der Waals surface area contributed by atoms with Crippen LogP contribution < -0.4 is 10.2 Å². The Balaban J connectivity index is 1.79. The van der Waals surface area contributed by atoms with Crippen LogP contribution in [0.2, 0.25) is 0 Å². The summed E-state index contributed by atoms with van der Waals surface area (Å²) in [5.74, 6) is 1.75. The Kier molecular flexibility index (Phi) is 3.81. The molecule has 0 atom stereocenters. The first-order chi connectivity index (χ1) is 10.2. The van der Waals surface area contributed by atoms with Gasteiger partial charge < -0.3 is 10.2 Å². The Morgan fingerprint density at radius 1 is 1.19 bits per heavy atom. The van der Waals surface area contributed by atoms with E-state index in [1.54, 1.807) is 13.3 Å². The van der Waals surface area contributed by atoms with Crippen LogP contribution in [-0.2, 0) is 0 Å². The van der Waals surface area contributed by atoms with Gasteiger partial charge in [0.05, 0.1) is 0 Å². The fraction of sp³-hybridized carbons (Fsp3) is 0.312. The monoisotopic (exact) mass is 282 g/mol. The average Bonchev–Trinajstić information content (AvgIpc) is 3.02. The minimum absolute atomic E-state index is 0.0547. The third-order valence-electron chi connectivity index (χ3n) is 3.62. The van der Waals surface area contributed by atoms with E-state index in [1.165, 1.54) is 12.8 Å². The van der Waals surface area contributed by atoms with Crippen LogP contribution in [0, 0.1) is 0 Å². The molecule has 108 valence electrons. The Morgan fingerprint density at radius 2 is 2.00 bits per heavy atom. The number of hydrogen-bond acceptors (Lipinski definition) is 5. The molecular formula is C16H18N4O. The van der Waals surface area contributed by atoms with Gasteiger partial charge in [0.1, 0.15) is 18.0 Å². The second-order valence-electron chi connectivity index (χ2n) is 5.22. The molecule has 0 unspecified atom stereocenters.